The van der Waals surface area contributed by atoms with Gasteiger partial charge in [-0.05, 0) is 13.8 Å². The fraction of sp³-hybridized carbons (Fsp3) is 0.941. The first-order valence-corrected chi connectivity index (χ1v) is 42.9. The summed E-state index contributed by atoms with van der Waals surface area (Å²) in [4.78, 5) is 52.1. The van der Waals surface area contributed by atoms with Crippen molar-refractivity contribution in [2.24, 2.45) is 0 Å². The normalized spacial score (nSPS) is 47.9. The molecular weight excluding hydrogens is 1820 g/mol. The minimum absolute atomic E-state index is 0.816. The number of amides is 4. The van der Waals surface area contributed by atoms with Gasteiger partial charge < -0.3 is 234 Å². The second-order valence-electron chi connectivity index (χ2n) is 32.0. The Balaban J connectivity index is 1.04. The molecule has 10 heterocycles. The summed E-state index contributed by atoms with van der Waals surface area (Å²) >= 11 is 0. The van der Waals surface area contributed by atoms with E-state index in [4.69, 9.17) is 94.2 Å². The van der Waals surface area contributed by atoms with Crippen molar-refractivity contribution in [1.29, 1.82) is 0 Å². The van der Waals surface area contributed by atoms with Gasteiger partial charge >= 0.3 is 20.8 Å². The van der Waals surface area contributed by atoms with Gasteiger partial charge in [-0.1, -0.05) is 0 Å². The molecule has 61 heteroatoms. The van der Waals surface area contributed by atoms with Crippen LogP contribution in [0, 0.1) is 0 Å². The van der Waals surface area contributed by atoms with E-state index in [2.05, 4.69) is 25.5 Å². The number of carbonyl (C=O) groups excluding carboxylic acids is 4. The van der Waals surface area contributed by atoms with E-state index >= 15 is 0 Å². The van der Waals surface area contributed by atoms with E-state index in [0.717, 1.165) is 34.6 Å². The lowest BCUT2D eigenvalue weighted by atomic mass is 9.93. The summed E-state index contributed by atoms with van der Waals surface area (Å²) in [5.74, 6) is -4.05. The van der Waals surface area contributed by atoms with Crippen molar-refractivity contribution in [3.05, 3.63) is 0 Å². The number of hydrogen-bond donors (Lipinski definition) is 30. The largest absolute Gasteiger partial charge is 0.397 e. The van der Waals surface area contributed by atoms with Gasteiger partial charge in [-0.2, -0.15) is 16.8 Å². The lowest BCUT2D eigenvalue weighted by Gasteiger charge is -2.52. The molecule has 4 amide bonds. The topological polar surface area (TPSA) is 904 Å². The second-order valence-corrected chi connectivity index (χ2v) is 34.2. The van der Waals surface area contributed by atoms with E-state index in [1.807, 2.05) is 0 Å². The van der Waals surface area contributed by atoms with Crippen LogP contribution in [0.25, 0.3) is 0 Å². The summed E-state index contributed by atoms with van der Waals surface area (Å²) in [7, 11) is -11.0. The van der Waals surface area contributed by atoms with Crippen LogP contribution in [0.4, 0.5) is 0 Å². The summed E-state index contributed by atoms with van der Waals surface area (Å²) in [5.41, 5.74) is 0. The molecule has 10 aliphatic heterocycles. The van der Waals surface area contributed by atoms with Crippen molar-refractivity contribution in [1.82, 2.24) is 21.3 Å². The molecule has 0 aromatic carbocycles. The van der Waals surface area contributed by atoms with Crippen LogP contribution in [-0.2, 0) is 138 Å². The zero-order valence-electron chi connectivity index (χ0n) is 68.8. The fourth-order valence-corrected chi connectivity index (χ4v) is 16.6. The van der Waals surface area contributed by atoms with Crippen LogP contribution in [0.5, 0.6) is 0 Å². The van der Waals surface area contributed by atoms with Gasteiger partial charge in [-0.15, -0.1) is 0 Å². The Bertz CT molecular complexity index is 3830. The maximum absolute atomic E-state index is 13.6. The van der Waals surface area contributed by atoms with Crippen LogP contribution in [-0.4, -0.2) is 532 Å². The van der Waals surface area contributed by atoms with Gasteiger partial charge in [0.15, 0.2) is 62.9 Å². The third-order valence-electron chi connectivity index (χ3n) is 22.8. The van der Waals surface area contributed by atoms with Crippen LogP contribution in [0.15, 0.2) is 0 Å². The van der Waals surface area contributed by atoms with Crippen LogP contribution < -0.4 is 21.3 Å². The van der Waals surface area contributed by atoms with E-state index in [-0.39, 0.29) is 0 Å². The number of nitrogens with one attached hydrogen (secondary N) is 4. The molecule has 0 aromatic rings. The molecule has 50 atom stereocenters. The average Bonchev–Trinajstić information content (AvgIpc) is 0.756. The maximum atomic E-state index is 13.6. The zero-order valence-corrected chi connectivity index (χ0v) is 70.4. The monoisotopic (exact) mass is 1930 g/mol. The van der Waals surface area contributed by atoms with Gasteiger partial charge in [0.05, 0.1) is 65.1 Å². The smallest absolute Gasteiger partial charge is 0.394 e. The quantitative estimate of drug-likeness (QED) is 0.0266. The highest BCUT2D eigenvalue weighted by molar-refractivity contribution is 7.81. The lowest BCUT2D eigenvalue weighted by molar-refractivity contribution is -0.403. The molecule has 0 saturated carbocycles. The van der Waals surface area contributed by atoms with Gasteiger partial charge in [0.1, 0.15) is 232 Å². The highest BCUT2D eigenvalue weighted by Crippen LogP contribution is 2.42. The number of carbonyl (C=O) groups is 4. The molecule has 0 aromatic heterocycles. The van der Waals surface area contributed by atoms with Gasteiger partial charge in [0, 0.05) is 27.7 Å². The molecule has 0 radical (unpaired) electrons. The van der Waals surface area contributed by atoms with E-state index in [9.17, 15) is 168 Å². The molecule has 0 unspecified atom stereocenters. The summed E-state index contributed by atoms with van der Waals surface area (Å²) < 4.78 is 191. The first kappa shape index (κ1) is 107. The Hall–Kier alpha value is -4.10. The Kier molecular flexibility index (Phi) is 37.7. The summed E-state index contributed by atoms with van der Waals surface area (Å²) in [6.45, 7) is -4.07. The SMILES string of the molecule is CC(=O)N[C@@H]1[C@@H](O)[C@H](O[C@@H]2O[C@H](CO)[C@@H](O[C@@H]3O[C@H](CO[C@H]4O[C@H](CO)[C@@H](O)[C@H](O)[C@@H]4O[C@@H]4O[C@H](COS(=O)(=O)O)[C@@H](O)[C@H](O)[C@H]4NC(C)=O)[C@@H](O)[C@H](O[C@H]4O[C@H](CO)[C@@H](O)[C@H](O)[C@@H]4O[C@@H]4O[C@H](COS(=O)(=O)O)[C@@H](O[C@@H]5O[C@H](CO)[C@H](O)[C@H](O)[C@H]5O)[C@H](O[C@@H]5O[C@@H](C)[C@@H](O)[C@@H](O)[C@@H]5O)[C@H]4NC(C)=O)[C@@H]3O)[C@H](O)[C@H]2NC(C)=O)[C@@H](CO[C@@H]2O[C@@H](C)[C@@H](O)[C@@H](O)[C@@H]2O)O[C@H]1O. The molecule has 0 spiro atoms. The number of aliphatic hydroxyl groups excluding tert-OH is 24. The molecule has 30 N–H and O–H groups in total. The van der Waals surface area contributed by atoms with Crippen molar-refractivity contribution < 1.29 is 266 Å². The van der Waals surface area contributed by atoms with Crippen molar-refractivity contribution in [2.75, 3.05) is 52.9 Å². The Morgan fingerprint density at radius 2 is 0.566 bits per heavy atom. The Morgan fingerprint density at radius 1 is 0.256 bits per heavy atom. The number of ether oxygens (including phenoxy) is 19. The number of aliphatic hydroxyl groups is 24. The van der Waals surface area contributed by atoms with Crippen molar-refractivity contribution in [2.45, 2.75) is 348 Å². The van der Waals surface area contributed by atoms with Gasteiger partial charge in [-0.25, -0.2) is 8.37 Å². The first-order valence-electron chi connectivity index (χ1n) is 40.2. The van der Waals surface area contributed by atoms with Crippen LogP contribution >= 0.6 is 0 Å². The van der Waals surface area contributed by atoms with Crippen molar-refractivity contribution >= 4 is 44.4 Å². The number of rotatable bonds is 34. The minimum Gasteiger partial charge on any atom is -0.394 e. The molecule has 0 aliphatic carbocycles. The molecule has 10 rings (SSSR count). The Labute approximate surface area is 730 Å². The molecule has 129 heavy (non-hydrogen) atoms. The van der Waals surface area contributed by atoms with E-state index < -0.39 is 404 Å². The maximum Gasteiger partial charge on any atom is 0.397 e. The molecule has 10 fully saturated rings. The zero-order chi connectivity index (χ0) is 95.5. The molecule has 10 saturated heterocycles. The lowest BCUT2D eigenvalue weighted by Crippen LogP contribution is -2.71. The molecule has 0 bridgehead atoms. The summed E-state index contributed by atoms with van der Waals surface area (Å²) in [6.07, 6.45) is -102. The van der Waals surface area contributed by atoms with Crippen LogP contribution in [0.2, 0.25) is 0 Å². The second kappa shape index (κ2) is 45.5. The highest BCUT2D eigenvalue weighted by Gasteiger charge is 2.62. The summed E-state index contributed by atoms with van der Waals surface area (Å²) in [5, 5.41) is 281. The number of hydrogen-bond acceptors (Lipinski definition) is 53. The highest BCUT2D eigenvalue weighted by atomic mass is 32.3. The predicted octanol–water partition coefficient (Wildman–Crippen LogP) is -20.5. The third kappa shape index (κ3) is 25.3. The molecule has 748 valence electrons. The van der Waals surface area contributed by atoms with Crippen LogP contribution in [0.1, 0.15) is 41.5 Å². The predicted molar refractivity (Wildman–Crippen MR) is 394 cm³/mol. The molecule has 59 nitrogen and oxygen atoms in total. The molecule has 10 aliphatic rings. The fourth-order valence-electron chi connectivity index (χ4n) is 16.0. The van der Waals surface area contributed by atoms with Crippen LogP contribution in [0.3, 0.4) is 0 Å². The molecular formula is C68H114N4O55S2. The van der Waals surface area contributed by atoms with Gasteiger partial charge in [0.25, 0.3) is 0 Å². The standard InChI is InChI=1S/C68H114N4O55S2/c1-15-33(81)43(91)48(96)63(111-15)107-12-27-53(41(89)29(59(100)113-27)69-17(3)77)121-61-31(71-19(5)79)42(90)52(24(10-76)117-61)122-66-51(99)56(39(87)25(119-66)11-108-67-57(46(94)36(84)22(8-74)115-67)126-60-30(70-18(4)78)40(88)38(86)26(118-60)13-109-128(101,102)103)125-68-58(47(95)37(85)23(9-75)116-68)127-62-32(72-20(6)80)55(124-64-49(97)44(92)34(82)16(2)112-64)54(28(120-62)14-110-129(104,105)106)123-65-50(98)45(93)35(83)21(7-73)114-65/h15-16,21-68,73-76,81-100H,7-14H2,1-6H3,(H,69,77)(H,70,78)(H,71,79)(H,72,80)(H,101,102,103)(H,104,105,106)/t15-,16-,21+,22+,23+,24+,25+,26+,27+,28+,29+,30+,31+,32+,33+,34+,35-,36+,37+,38+,39+,40+,41+,42+,43+,44+,45-,46-,47-,48-,49-,50+,51-,52+,53+,54+,55+,56-,57-,58-,59+,60-,61-,62-,63+,64-,65-,66-,67-,68+/m0/s1. The minimum atomic E-state index is -5.66. The van der Waals surface area contributed by atoms with Gasteiger partial charge in [-0.3, -0.25) is 28.3 Å². The van der Waals surface area contributed by atoms with Crippen molar-refractivity contribution in [3.63, 3.8) is 0 Å². The Morgan fingerprint density at radius 3 is 1.09 bits per heavy atom. The first-order chi connectivity index (χ1) is 60.4. The van der Waals surface area contributed by atoms with E-state index in [0.29, 0.717) is 0 Å². The van der Waals surface area contributed by atoms with Crippen molar-refractivity contribution in [3.8, 4) is 0 Å². The third-order valence-corrected chi connectivity index (χ3v) is 23.6. The van der Waals surface area contributed by atoms with Gasteiger partial charge in [0.2, 0.25) is 23.6 Å². The average molecular weight is 1930 g/mol. The van der Waals surface area contributed by atoms with E-state index in [1.165, 1.54) is 6.92 Å². The van der Waals surface area contributed by atoms with E-state index in [1.54, 1.807) is 0 Å². The summed E-state index contributed by atoms with van der Waals surface area (Å²) in [6, 6.07) is -8.13.